The Balaban J connectivity index is -0.000000113. The van der Waals surface area contributed by atoms with Crippen molar-refractivity contribution in [3.05, 3.63) is 210 Å². The number of aldehydes is 2. The molecule has 0 spiro atoms. The molecule has 2 N–H and O–H groups in total. The Morgan fingerprint density at radius 3 is 1.06 bits per heavy atom. The van der Waals surface area contributed by atoms with Crippen LogP contribution < -0.4 is 59.1 Å². The number of alkyl halides is 2. The first-order chi connectivity index (χ1) is 31.9. The molecule has 0 saturated heterocycles. The Bertz CT molecular complexity index is 2260. The maximum Gasteiger partial charge on any atom is 1.00 e. The molecule has 0 aliphatic rings. The van der Waals surface area contributed by atoms with Gasteiger partial charge in [-0.25, -0.2) is 13.2 Å². The van der Waals surface area contributed by atoms with Crippen LogP contribution in [0.2, 0.25) is 0 Å². The molecule has 6 radical (unpaired) electrons. The van der Waals surface area contributed by atoms with Crippen LogP contribution in [0.3, 0.4) is 0 Å². The molecule has 0 unspecified atom stereocenters. The minimum absolute atomic E-state index is 0. The zero-order chi connectivity index (χ0) is 52.5. The molecule has 6 aromatic rings. The van der Waals surface area contributed by atoms with Gasteiger partial charge in [0.2, 0.25) is 0 Å². The summed E-state index contributed by atoms with van der Waals surface area (Å²) in [5, 5.41) is 18.9. The van der Waals surface area contributed by atoms with E-state index in [2.05, 4.69) is 163 Å². The maximum absolute atomic E-state index is 13.0. The molecule has 21 heteroatoms. The first-order valence-corrected chi connectivity index (χ1v) is 37.2. The van der Waals surface area contributed by atoms with Gasteiger partial charge in [0.15, 0.2) is 6.29 Å². The van der Waals surface area contributed by atoms with Crippen LogP contribution in [0.25, 0.3) is 0 Å². The quantitative estimate of drug-likeness (QED) is 0.0754. The van der Waals surface area contributed by atoms with Crippen LogP contribution >= 0.6 is 133 Å². The predicted octanol–water partition coefficient (Wildman–Crippen LogP) is 14.0. The average molecular weight is 1560 g/mol. The number of rotatable bonds is 6. The van der Waals surface area contributed by atoms with Gasteiger partial charge in [-0.3, -0.25) is 9.59 Å². The molecule has 0 aliphatic heterocycles. The number of aliphatic hydroxyl groups is 2. The van der Waals surface area contributed by atoms with Crippen molar-refractivity contribution < 1.29 is 94.9 Å². The smallest absolute Gasteiger partial charge is 1.00 e. The van der Waals surface area contributed by atoms with Crippen molar-refractivity contribution in [2.45, 2.75) is 86.2 Å². The molecule has 72 heavy (non-hydrogen) atoms. The van der Waals surface area contributed by atoms with E-state index in [1.54, 1.807) is 63.2 Å². The summed E-state index contributed by atoms with van der Waals surface area (Å²) in [5.41, 5.74) is 13.5. The van der Waals surface area contributed by atoms with Gasteiger partial charge in [0.05, 0.1) is 18.8 Å². The van der Waals surface area contributed by atoms with Gasteiger partial charge in [0, 0.05) is 38.6 Å². The third-order valence-electron chi connectivity index (χ3n) is 8.49. The number of aryl methyl sites for hydroxylation is 9. The zero-order valence-electron chi connectivity index (χ0n) is 44.3. The van der Waals surface area contributed by atoms with E-state index in [0.29, 0.717) is 33.9 Å². The second-order valence-corrected chi connectivity index (χ2v) is 46.5. The van der Waals surface area contributed by atoms with Gasteiger partial charge in [-0.1, -0.05) is 156 Å². The van der Waals surface area contributed by atoms with Gasteiger partial charge in [-0.05, 0) is 207 Å². The van der Waals surface area contributed by atoms with Gasteiger partial charge in [0.1, 0.15) is 31.8 Å². The summed E-state index contributed by atoms with van der Waals surface area (Å²) in [6.45, 7) is 17.3. The summed E-state index contributed by atoms with van der Waals surface area (Å²) in [7, 11) is 0. The fourth-order valence-electron chi connectivity index (χ4n) is 5.79. The van der Waals surface area contributed by atoms with Crippen molar-refractivity contribution in [1.29, 1.82) is 0 Å². The molecule has 0 heterocycles. The predicted molar refractivity (Wildman–Crippen MR) is 330 cm³/mol. The summed E-state index contributed by atoms with van der Waals surface area (Å²) in [6.07, 6.45) is 1.39. The van der Waals surface area contributed by atoms with Crippen LogP contribution in [0.5, 0.6) is 0 Å². The van der Waals surface area contributed by atoms with Gasteiger partial charge < -0.3 is 13.1 Å². The molecule has 0 bridgehead atoms. The Morgan fingerprint density at radius 2 is 0.778 bits per heavy atom. The third-order valence-corrected chi connectivity index (χ3v) is 9.74. The topological polar surface area (TPSA) is 74.6 Å². The summed E-state index contributed by atoms with van der Waals surface area (Å²) < 4.78 is 38.2. The number of benzene rings is 6. The normalized spacial score (nSPS) is 9.11. The van der Waals surface area contributed by atoms with Crippen molar-refractivity contribution in [2.24, 2.45) is 0 Å². The van der Waals surface area contributed by atoms with Crippen molar-refractivity contribution in [1.82, 2.24) is 0 Å². The van der Waals surface area contributed by atoms with E-state index in [4.69, 9.17) is 10.2 Å². The van der Waals surface area contributed by atoms with Gasteiger partial charge in [-0.15, -0.1) is 0 Å². The fraction of sp³-hybridized carbons (Fsp3) is 0.255. The SMILES string of the molecule is BrP(Br)Br.BrP(Br)Br.Cc1cc(C)cc(C=O)c1.Cc1cc(C)cc(CBr)c1.Cc1cc(C)cc(CO)c1.Cc1cccc(C=O)c1F.Cc1cccc(CBr)c1F.Cc1cccc(CO)c1F.[B].[B].[H-].[H-].[Na+].[Na+]. The van der Waals surface area contributed by atoms with Crippen LogP contribution in [0.1, 0.15) is 95.9 Å². The standard InChI is InChI=1S/C9H11Br.C9H12O.C9H10O.C8H8BrF.C8H9FO.C8H7FO.2B.2Br3P.2Na.2H/c3*1-7-3-8(2)5-9(4-7)6-10;1-6-3-2-4-7(5-9)8(6)10;2*1-6-3-2-4-7(5-10)8(6)9;;;2*1-4(2)3;;;;/h3-5H,6H2,1-2H3;3-5,10H,6H2,1-2H3;3-6H,1-2H3;2-4H,5H2,1H3;2-4,10H,5H2,1H3;2-5H,1H3;;;;;;;;/q;;;;;;;;;;2*+1;2*-1. The average Bonchev–Trinajstić information content (AvgIpc) is 3.26. The number of halogens is 11. The van der Waals surface area contributed by atoms with Crippen LogP contribution in [0, 0.1) is 79.8 Å². The zero-order valence-corrected chi connectivity index (χ0v) is 60.8. The third kappa shape index (κ3) is 42.2. The Morgan fingerprint density at radius 1 is 0.458 bits per heavy atom. The Labute approximate surface area is 546 Å². The molecule has 0 fully saturated rings. The summed E-state index contributed by atoms with van der Waals surface area (Å²) in [5.74, 6) is -0.818. The fourth-order valence-corrected chi connectivity index (χ4v) is 6.54. The van der Waals surface area contributed by atoms with E-state index < -0.39 is 5.82 Å². The molecule has 0 amide bonds. The summed E-state index contributed by atoms with van der Waals surface area (Å²) in [6, 6.07) is 33.6. The van der Waals surface area contributed by atoms with E-state index in [0.717, 1.165) is 39.4 Å². The molecule has 0 saturated carbocycles. The van der Waals surface area contributed by atoms with E-state index in [-0.39, 0.29) is 117 Å². The number of hydrogen-bond acceptors (Lipinski definition) is 4. The van der Waals surface area contributed by atoms with E-state index >= 15 is 0 Å². The molecule has 382 valence electrons. The monoisotopic (exact) mass is 1550 g/mol. The van der Waals surface area contributed by atoms with Crippen LogP contribution in [-0.4, -0.2) is 39.6 Å². The minimum Gasteiger partial charge on any atom is -1.00 e. The summed E-state index contributed by atoms with van der Waals surface area (Å²) >= 11 is 25.6. The van der Waals surface area contributed by atoms with E-state index in [1.807, 2.05) is 64.1 Å². The minimum atomic E-state index is -0.419. The number of carbonyl (C=O) groups is 2. The molecule has 0 aliphatic carbocycles. The van der Waals surface area contributed by atoms with Gasteiger partial charge in [0.25, 0.3) is 0 Å². The molecule has 0 atom stereocenters. The van der Waals surface area contributed by atoms with E-state index in [9.17, 15) is 22.8 Å². The number of hydrogen-bond donors (Lipinski definition) is 2. The van der Waals surface area contributed by atoms with Gasteiger partial charge in [-0.2, -0.15) is 0 Å². The molecular formula is C51H59B2Br8F3Na2O4P2. The van der Waals surface area contributed by atoms with Crippen molar-refractivity contribution in [3.8, 4) is 0 Å². The Hall–Kier alpha value is 1.20. The largest absolute Gasteiger partial charge is 1.00 e. The van der Waals surface area contributed by atoms with Crippen LogP contribution in [0.4, 0.5) is 13.2 Å². The Kier molecular flexibility index (Phi) is 59.2. The van der Waals surface area contributed by atoms with Gasteiger partial charge >= 0.3 is 59.1 Å². The first kappa shape index (κ1) is 84.5. The number of carbonyl (C=O) groups excluding carboxylic acids is 2. The number of aliphatic hydroxyl groups excluding tert-OH is 2. The van der Waals surface area contributed by atoms with E-state index in [1.165, 1.54) is 33.9 Å². The van der Waals surface area contributed by atoms with Crippen LogP contribution in [0.15, 0.2) is 109 Å². The van der Waals surface area contributed by atoms with Crippen molar-refractivity contribution >= 4 is 162 Å². The second-order valence-electron chi connectivity index (χ2n) is 14.7. The van der Waals surface area contributed by atoms with Crippen molar-refractivity contribution in [2.75, 3.05) is 0 Å². The molecule has 4 nitrogen and oxygen atoms in total. The molecule has 6 rings (SSSR count). The summed E-state index contributed by atoms with van der Waals surface area (Å²) in [4.78, 5) is 20.5. The molecular weight excluding hydrogens is 1500 g/mol. The molecule has 0 aromatic heterocycles. The first-order valence-electron chi connectivity index (χ1n) is 20.1. The van der Waals surface area contributed by atoms with Crippen molar-refractivity contribution in [3.63, 3.8) is 0 Å². The van der Waals surface area contributed by atoms with Crippen LogP contribution in [-0.2, 0) is 23.9 Å². The maximum atomic E-state index is 13.0. The molecule has 6 aromatic carbocycles. The second kappa shape index (κ2) is 50.4.